The molecule has 0 radical (unpaired) electrons. The summed E-state index contributed by atoms with van der Waals surface area (Å²) in [5.74, 6) is 0.485. The lowest BCUT2D eigenvalue weighted by Crippen LogP contribution is -2.39. The van der Waals surface area contributed by atoms with Gasteiger partial charge in [-0.25, -0.2) is 9.18 Å². The van der Waals surface area contributed by atoms with Crippen molar-refractivity contribution in [2.45, 2.75) is 32.6 Å². The van der Waals surface area contributed by atoms with E-state index >= 15 is 0 Å². The van der Waals surface area contributed by atoms with Crippen LogP contribution in [0.25, 0.3) is 0 Å². The second-order valence-corrected chi connectivity index (χ2v) is 9.25. The molecule has 2 amide bonds. The van der Waals surface area contributed by atoms with Gasteiger partial charge in [0.2, 0.25) is 0 Å². The van der Waals surface area contributed by atoms with Crippen LogP contribution >= 0.6 is 0 Å². The number of amides is 2. The molecule has 1 fully saturated rings. The third kappa shape index (κ3) is 6.91. The summed E-state index contributed by atoms with van der Waals surface area (Å²) >= 11 is 0. The number of rotatable bonds is 8. The van der Waals surface area contributed by atoms with Gasteiger partial charge in [-0.1, -0.05) is 48.0 Å². The minimum atomic E-state index is -0.171. The van der Waals surface area contributed by atoms with Gasteiger partial charge in [-0.15, -0.1) is 0 Å². The number of likely N-dealkylation sites (tertiary alicyclic amines) is 1. The first-order valence-corrected chi connectivity index (χ1v) is 12.2. The van der Waals surface area contributed by atoms with Crippen LogP contribution in [-0.4, -0.2) is 37.1 Å². The van der Waals surface area contributed by atoms with E-state index in [4.69, 9.17) is 0 Å². The fourth-order valence-electron chi connectivity index (χ4n) is 4.60. The molecule has 4 nitrogen and oxygen atoms in total. The Bertz CT molecular complexity index is 1030. The Morgan fingerprint density at radius 3 is 2.32 bits per heavy atom. The fourth-order valence-corrected chi connectivity index (χ4v) is 4.60. The van der Waals surface area contributed by atoms with Gasteiger partial charge in [-0.2, -0.15) is 0 Å². The molecule has 3 aromatic carbocycles. The highest BCUT2D eigenvalue weighted by molar-refractivity contribution is 6.01. The Kier molecular flexibility index (Phi) is 8.31. The quantitative estimate of drug-likeness (QED) is 0.416. The molecule has 3 aromatic rings. The van der Waals surface area contributed by atoms with Gasteiger partial charge in [0.1, 0.15) is 5.82 Å². The molecule has 0 unspecified atom stereocenters. The first-order chi connectivity index (χ1) is 16.6. The van der Waals surface area contributed by atoms with Gasteiger partial charge in [-0.05, 0) is 100 Å². The zero-order chi connectivity index (χ0) is 23.8. The number of urea groups is 1. The summed E-state index contributed by atoms with van der Waals surface area (Å²) < 4.78 is 13.1. The third-order valence-corrected chi connectivity index (χ3v) is 6.62. The number of carbonyl (C=O) groups is 1. The van der Waals surface area contributed by atoms with E-state index in [2.05, 4.69) is 10.2 Å². The highest BCUT2D eigenvalue weighted by Crippen LogP contribution is 2.23. The van der Waals surface area contributed by atoms with Gasteiger partial charge < -0.3 is 10.2 Å². The number of hydrogen-bond donors (Lipinski definition) is 1. The summed E-state index contributed by atoms with van der Waals surface area (Å²) in [6, 6.07) is 24.6. The van der Waals surface area contributed by atoms with Crippen LogP contribution in [0.2, 0.25) is 0 Å². The first kappa shape index (κ1) is 24.0. The van der Waals surface area contributed by atoms with Crippen LogP contribution in [0.5, 0.6) is 0 Å². The van der Waals surface area contributed by atoms with Crippen molar-refractivity contribution in [2.24, 2.45) is 5.92 Å². The van der Waals surface area contributed by atoms with Crippen LogP contribution in [0, 0.1) is 18.7 Å². The van der Waals surface area contributed by atoms with E-state index in [-0.39, 0.29) is 11.8 Å². The van der Waals surface area contributed by atoms with Crippen molar-refractivity contribution in [3.8, 4) is 0 Å². The van der Waals surface area contributed by atoms with Crippen molar-refractivity contribution >= 4 is 17.4 Å². The van der Waals surface area contributed by atoms with Crippen molar-refractivity contribution in [1.82, 2.24) is 4.90 Å². The standard InChI is InChI=1S/C29H34FN3O/c1-23-8-14-27(15-9-23)31-29(34)33(28-6-3-2-4-7-28)19-5-18-32-20-16-25(17-21-32)22-24-10-12-26(30)13-11-24/h2-4,6-15,25H,5,16-22H2,1H3,(H,31,34). The number of benzene rings is 3. The summed E-state index contributed by atoms with van der Waals surface area (Å²) in [5.41, 5.74) is 4.10. The van der Waals surface area contributed by atoms with E-state index in [0.717, 1.165) is 56.7 Å². The number of halogens is 1. The molecule has 1 aliphatic heterocycles. The maximum absolute atomic E-state index is 13.1. The predicted octanol–water partition coefficient (Wildman–Crippen LogP) is 6.52. The minimum absolute atomic E-state index is 0.104. The average Bonchev–Trinajstić information content (AvgIpc) is 2.86. The second kappa shape index (κ2) is 11.8. The topological polar surface area (TPSA) is 35.6 Å². The molecule has 0 aromatic heterocycles. The van der Waals surface area contributed by atoms with E-state index in [1.807, 2.05) is 78.6 Å². The Morgan fingerprint density at radius 1 is 0.971 bits per heavy atom. The first-order valence-electron chi connectivity index (χ1n) is 12.2. The van der Waals surface area contributed by atoms with E-state index in [1.165, 1.54) is 11.1 Å². The number of carbonyl (C=O) groups excluding carboxylic acids is 1. The molecule has 0 bridgehead atoms. The Labute approximate surface area is 202 Å². The molecule has 0 atom stereocenters. The summed E-state index contributed by atoms with van der Waals surface area (Å²) in [7, 11) is 0. The number of anilines is 2. The summed E-state index contributed by atoms with van der Waals surface area (Å²) in [6.45, 7) is 5.83. The minimum Gasteiger partial charge on any atom is -0.308 e. The van der Waals surface area contributed by atoms with Crippen molar-refractivity contribution in [2.75, 3.05) is 36.4 Å². The molecule has 1 saturated heterocycles. The summed E-state index contributed by atoms with van der Waals surface area (Å²) in [6.07, 6.45) is 4.26. The molecule has 1 aliphatic rings. The number of aryl methyl sites for hydroxylation is 1. The van der Waals surface area contributed by atoms with Crippen LogP contribution in [-0.2, 0) is 6.42 Å². The lowest BCUT2D eigenvalue weighted by Gasteiger charge is -2.32. The van der Waals surface area contributed by atoms with Crippen LogP contribution in [0.4, 0.5) is 20.6 Å². The lowest BCUT2D eigenvalue weighted by molar-refractivity contribution is 0.183. The van der Waals surface area contributed by atoms with Crippen LogP contribution in [0.1, 0.15) is 30.4 Å². The highest BCUT2D eigenvalue weighted by Gasteiger charge is 2.21. The molecule has 178 valence electrons. The average molecular weight is 460 g/mol. The largest absolute Gasteiger partial charge is 0.326 e. The molecule has 0 aliphatic carbocycles. The molecular formula is C29H34FN3O. The number of para-hydroxylation sites is 1. The monoisotopic (exact) mass is 459 g/mol. The smallest absolute Gasteiger partial charge is 0.308 e. The normalized spacial score (nSPS) is 14.6. The van der Waals surface area contributed by atoms with Gasteiger partial charge in [0.25, 0.3) is 0 Å². The van der Waals surface area contributed by atoms with Crippen LogP contribution < -0.4 is 10.2 Å². The van der Waals surface area contributed by atoms with Crippen molar-refractivity contribution in [1.29, 1.82) is 0 Å². The Morgan fingerprint density at radius 2 is 1.65 bits per heavy atom. The highest BCUT2D eigenvalue weighted by atomic mass is 19.1. The zero-order valence-corrected chi connectivity index (χ0v) is 19.9. The molecular weight excluding hydrogens is 425 g/mol. The molecule has 1 N–H and O–H groups in total. The number of hydrogen-bond acceptors (Lipinski definition) is 2. The number of nitrogens with one attached hydrogen (secondary N) is 1. The van der Waals surface area contributed by atoms with E-state index < -0.39 is 0 Å². The second-order valence-electron chi connectivity index (χ2n) is 9.25. The van der Waals surface area contributed by atoms with E-state index in [1.54, 1.807) is 12.1 Å². The van der Waals surface area contributed by atoms with Crippen LogP contribution in [0.15, 0.2) is 78.9 Å². The van der Waals surface area contributed by atoms with E-state index in [9.17, 15) is 9.18 Å². The van der Waals surface area contributed by atoms with Crippen molar-refractivity contribution in [3.63, 3.8) is 0 Å². The lowest BCUT2D eigenvalue weighted by atomic mass is 9.90. The van der Waals surface area contributed by atoms with Gasteiger partial charge in [0.05, 0.1) is 0 Å². The number of piperidine rings is 1. The Balaban J connectivity index is 1.27. The molecule has 0 saturated carbocycles. The SMILES string of the molecule is Cc1ccc(NC(=O)N(CCCN2CCC(Cc3ccc(F)cc3)CC2)c2ccccc2)cc1. The van der Waals surface area contributed by atoms with Crippen molar-refractivity contribution in [3.05, 3.63) is 95.8 Å². The maximum Gasteiger partial charge on any atom is 0.326 e. The number of nitrogens with zero attached hydrogens (tertiary/aromatic N) is 2. The van der Waals surface area contributed by atoms with Gasteiger partial charge in [-0.3, -0.25) is 4.90 Å². The summed E-state index contributed by atoms with van der Waals surface area (Å²) in [5, 5.41) is 3.04. The molecule has 4 rings (SSSR count). The molecule has 0 spiro atoms. The summed E-state index contributed by atoms with van der Waals surface area (Å²) in [4.78, 5) is 17.4. The maximum atomic E-state index is 13.1. The Hall–Kier alpha value is -3.18. The van der Waals surface area contributed by atoms with Gasteiger partial charge in [0.15, 0.2) is 0 Å². The zero-order valence-electron chi connectivity index (χ0n) is 19.9. The fraction of sp³-hybridized carbons (Fsp3) is 0.345. The van der Waals surface area contributed by atoms with E-state index in [0.29, 0.717) is 12.5 Å². The molecule has 5 heteroatoms. The van der Waals surface area contributed by atoms with Crippen molar-refractivity contribution < 1.29 is 9.18 Å². The van der Waals surface area contributed by atoms with Crippen LogP contribution in [0.3, 0.4) is 0 Å². The van der Waals surface area contributed by atoms with Gasteiger partial charge in [0, 0.05) is 17.9 Å². The molecule has 1 heterocycles. The molecule has 34 heavy (non-hydrogen) atoms. The predicted molar refractivity (Wildman–Crippen MR) is 138 cm³/mol. The third-order valence-electron chi connectivity index (χ3n) is 6.62. The van der Waals surface area contributed by atoms with Gasteiger partial charge >= 0.3 is 6.03 Å².